The molecule has 3 aromatic carbocycles. The predicted octanol–water partition coefficient (Wildman–Crippen LogP) is 6.00. The highest BCUT2D eigenvalue weighted by atomic mass is 35.5. The van der Waals surface area contributed by atoms with Crippen molar-refractivity contribution in [1.29, 1.82) is 0 Å². The topological polar surface area (TPSA) is 49.2 Å². The van der Waals surface area contributed by atoms with Crippen LogP contribution in [0, 0.1) is 6.92 Å². The second-order valence-electron chi connectivity index (χ2n) is 11.2. The molecule has 0 spiro atoms. The van der Waals surface area contributed by atoms with Gasteiger partial charge in [-0.25, -0.2) is 0 Å². The predicted molar refractivity (Wildman–Crippen MR) is 186 cm³/mol. The first-order valence-electron chi connectivity index (χ1n) is 14.9. The van der Waals surface area contributed by atoms with E-state index in [2.05, 4.69) is 79.7 Å². The van der Waals surface area contributed by atoms with Crippen LogP contribution in [0.4, 0.5) is 11.4 Å². The minimum absolute atomic E-state index is 0. The van der Waals surface area contributed by atoms with Crippen LogP contribution in [0.5, 0.6) is 11.5 Å². The molecule has 0 amide bonds. The third-order valence-corrected chi connectivity index (χ3v) is 9.19. The molecule has 3 heterocycles. The lowest BCUT2D eigenvalue weighted by Crippen LogP contribution is -2.47. The minimum Gasteiger partial charge on any atom is -0.493 e. The van der Waals surface area contributed by atoms with Gasteiger partial charge in [0.2, 0.25) is 0 Å². The molecular weight excluding hydrogens is 619 g/mol. The lowest BCUT2D eigenvalue weighted by Gasteiger charge is -2.37. The fourth-order valence-corrected chi connectivity index (χ4v) is 6.43. The molecule has 0 aliphatic carbocycles. The van der Waals surface area contributed by atoms with Gasteiger partial charge in [0.05, 0.1) is 32.0 Å². The summed E-state index contributed by atoms with van der Waals surface area (Å²) in [5.74, 6) is 1.48. The number of nitrogens with zero attached hydrogens (tertiary/aromatic N) is 6. The van der Waals surface area contributed by atoms with E-state index in [0.29, 0.717) is 0 Å². The van der Waals surface area contributed by atoms with Crippen LogP contribution in [0.25, 0.3) is 10.9 Å². The largest absolute Gasteiger partial charge is 0.493 e. The van der Waals surface area contributed by atoms with Gasteiger partial charge < -0.3 is 19.3 Å². The van der Waals surface area contributed by atoms with Crippen LogP contribution in [0.3, 0.4) is 0 Å². The molecule has 0 N–H and O–H groups in total. The van der Waals surface area contributed by atoms with Crippen molar-refractivity contribution in [3.8, 4) is 11.5 Å². The van der Waals surface area contributed by atoms with Gasteiger partial charge >= 0.3 is 0 Å². The van der Waals surface area contributed by atoms with Crippen molar-refractivity contribution in [2.24, 2.45) is 0 Å². The van der Waals surface area contributed by atoms with Crippen molar-refractivity contribution in [1.82, 2.24) is 19.6 Å². The molecule has 0 bridgehead atoms. The van der Waals surface area contributed by atoms with Gasteiger partial charge in [-0.05, 0) is 42.8 Å². The molecular formula is C33H43Cl3N6O2. The maximum Gasteiger partial charge on any atom is 0.162 e. The summed E-state index contributed by atoms with van der Waals surface area (Å²) in [7, 11) is 3.39. The zero-order valence-electron chi connectivity index (χ0n) is 25.7. The lowest BCUT2D eigenvalue weighted by molar-refractivity contribution is 0.240. The molecule has 8 nitrogen and oxygen atoms in total. The van der Waals surface area contributed by atoms with E-state index in [1.165, 1.54) is 11.4 Å². The molecule has 1 aromatic heterocycles. The van der Waals surface area contributed by atoms with Gasteiger partial charge in [0.25, 0.3) is 0 Å². The van der Waals surface area contributed by atoms with Crippen LogP contribution in [-0.4, -0.2) is 92.7 Å². The highest BCUT2D eigenvalue weighted by Crippen LogP contribution is 2.34. The Labute approximate surface area is 278 Å². The lowest BCUT2D eigenvalue weighted by atomic mass is 10.1. The minimum atomic E-state index is 0. The van der Waals surface area contributed by atoms with Crippen LogP contribution in [0.1, 0.15) is 11.3 Å². The van der Waals surface area contributed by atoms with E-state index in [0.717, 1.165) is 111 Å². The van der Waals surface area contributed by atoms with Crippen LogP contribution in [-0.2, 0) is 13.1 Å². The Bertz CT molecular complexity index is 1500. The zero-order chi connectivity index (χ0) is 29.1. The quantitative estimate of drug-likeness (QED) is 0.218. The maximum absolute atomic E-state index is 6.39. The van der Waals surface area contributed by atoms with Gasteiger partial charge in [-0.15, -0.1) is 24.8 Å². The number of piperazine rings is 2. The Hall–Kier alpha value is -2.88. The monoisotopic (exact) mass is 660 g/mol. The molecule has 0 atom stereocenters. The van der Waals surface area contributed by atoms with Crippen molar-refractivity contribution in [2.45, 2.75) is 20.0 Å². The zero-order valence-corrected chi connectivity index (χ0v) is 28.1. The molecule has 0 radical (unpaired) electrons. The van der Waals surface area contributed by atoms with E-state index in [-0.39, 0.29) is 24.8 Å². The van der Waals surface area contributed by atoms with Gasteiger partial charge in [-0.2, -0.15) is 5.10 Å². The third kappa shape index (κ3) is 7.32. The molecule has 2 saturated heterocycles. The van der Waals surface area contributed by atoms with E-state index >= 15 is 0 Å². The van der Waals surface area contributed by atoms with E-state index in [9.17, 15) is 0 Å². The summed E-state index contributed by atoms with van der Waals surface area (Å²) in [6, 6.07) is 21.1. The average Bonchev–Trinajstić information content (AvgIpc) is 3.37. The highest BCUT2D eigenvalue weighted by Gasteiger charge is 2.23. The normalized spacial score (nSPS) is 16.0. The first-order valence-corrected chi connectivity index (χ1v) is 15.3. The number of anilines is 2. The first kappa shape index (κ1) is 34.0. The van der Waals surface area contributed by atoms with Crippen LogP contribution >= 0.6 is 36.4 Å². The van der Waals surface area contributed by atoms with Crippen molar-refractivity contribution in [2.75, 3.05) is 82.9 Å². The molecule has 0 saturated carbocycles. The Morgan fingerprint density at radius 1 is 0.727 bits per heavy atom. The highest BCUT2D eigenvalue weighted by molar-refractivity contribution is 6.31. The van der Waals surface area contributed by atoms with Crippen molar-refractivity contribution < 1.29 is 9.47 Å². The number of hydrogen-bond donors (Lipinski definition) is 0. The number of rotatable bonds is 9. The second-order valence-corrected chi connectivity index (χ2v) is 11.6. The summed E-state index contributed by atoms with van der Waals surface area (Å²) in [6.07, 6.45) is 0. The van der Waals surface area contributed by atoms with Crippen molar-refractivity contribution in [3.63, 3.8) is 0 Å². The van der Waals surface area contributed by atoms with Gasteiger partial charge in [0.1, 0.15) is 0 Å². The Morgan fingerprint density at radius 3 is 2.05 bits per heavy atom. The summed E-state index contributed by atoms with van der Waals surface area (Å²) in [6.45, 7) is 12.8. The van der Waals surface area contributed by atoms with Crippen molar-refractivity contribution in [3.05, 3.63) is 76.9 Å². The summed E-state index contributed by atoms with van der Waals surface area (Å²) in [5, 5.41) is 7.15. The van der Waals surface area contributed by atoms with Crippen LogP contribution < -0.4 is 19.3 Å². The fourth-order valence-electron chi connectivity index (χ4n) is 6.26. The molecule has 2 aliphatic heterocycles. The smallest absolute Gasteiger partial charge is 0.162 e. The molecule has 6 rings (SSSR count). The molecule has 44 heavy (non-hydrogen) atoms. The maximum atomic E-state index is 6.39. The third-order valence-electron chi connectivity index (χ3n) is 8.78. The van der Waals surface area contributed by atoms with Gasteiger partial charge in [-0.1, -0.05) is 35.9 Å². The van der Waals surface area contributed by atoms with E-state index < -0.39 is 0 Å². The number of hydrogen-bond acceptors (Lipinski definition) is 7. The summed E-state index contributed by atoms with van der Waals surface area (Å²) < 4.78 is 13.5. The number of fused-ring (bicyclic) bond motifs is 1. The second kappa shape index (κ2) is 15.4. The van der Waals surface area contributed by atoms with Crippen molar-refractivity contribution >= 4 is 58.7 Å². The molecule has 2 aliphatic rings. The Balaban J connectivity index is 0.00000221. The van der Waals surface area contributed by atoms with Gasteiger partial charge in [0, 0.05) is 93.3 Å². The van der Waals surface area contributed by atoms with Crippen LogP contribution in [0.2, 0.25) is 5.02 Å². The van der Waals surface area contributed by atoms with E-state index in [1.54, 1.807) is 14.2 Å². The summed E-state index contributed by atoms with van der Waals surface area (Å²) in [4.78, 5) is 9.97. The van der Waals surface area contributed by atoms with Gasteiger partial charge in [0.15, 0.2) is 11.5 Å². The van der Waals surface area contributed by atoms with E-state index in [1.807, 2.05) is 12.1 Å². The standard InChI is InChI=1S/C33H41ClN6O2.2ClH/c1-25-28(34)10-7-11-30(25)39-19-12-36(13-20-39)16-21-40-31-23-33(42-3)32(41-2)22-27(31)29(35-40)24-37-14-17-38(18-15-37)26-8-5-4-6-9-26;;/h4-11,22-23H,12-21,24H2,1-3H3;2*1H. The number of ether oxygens (including phenoxy) is 2. The summed E-state index contributed by atoms with van der Waals surface area (Å²) >= 11 is 6.39. The number of benzene rings is 3. The Morgan fingerprint density at radius 2 is 1.36 bits per heavy atom. The molecule has 2 fully saturated rings. The van der Waals surface area contributed by atoms with Crippen LogP contribution in [0.15, 0.2) is 60.7 Å². The van der Waals surface area contributed by atoms with Gasteiger partial charge in [-0.3, -0.25) is 14.5 Å². The molecule has 0 unspecified atom stereocenters. The SMILES string of the molecule is COc1cc2c(CN3CCN(c4ccccc4)CC3)nn(CCN3CCN(c4cccc(Cl)c4C)CC3)c2cc1OC.Cl.Cl. The number of methoxy groups -OCH3 is 2. The summed E-state index contributed by atoms with van der Waals surface area (Å²) in [5.41, 5.74) is 5.90. The fraction of sp³-hybridized carbons (Fsp3) is 0.424. The molecule has 4 aromatic rings. The number of aromatic nitrogens is 2. The molecule has 238 valence electrons. The van der Waals surface area contributed by atoms with E-state index in [4.69, 9.17) is 26.2 Å². The number of halogens is 3. The first-order chi connectivity index (χ1) is 20.5. The molecule has 11 heteroatoms. The Kier molecular flexibility index (Phi) is 11.9. The average molecular weight is 662 g/mol. The number of para-hydroxylation sites is 1.